The molecule has 33 heavy (non-hydrogen) atoms. The zero-order valence-electron chi connectivity index (χ0n) is 18.0. The number of halogens is 1. The quantitative estimate of drug-likeness (QED) is 0.534. The van der Waals surface area contributed by atoms with Crippen molar-refractivity contribution >= 4 is 44.6 Å². The molecule has 4 rings (SSSR count). The first-order valence-corrected chi connectivity index (χ1v) is 12.8. The van der Waals surface area contributed by atoms with Crippen molar-refractivity contribution in [1.29, 1.82) is 0 Å². The van der Waals surface area contributed by atoms with Crippen LogP contribution in [0, 0.1) is 0 Å². The van der Waals surface area contributed by atoms with E-state index in [4.69, 9.17) is 11.6 Å². The summed E-state index contributed by atoms with van der Waals surface area (Å²) < 4.78 is 23.4. The molecule has 0 saturated carbocycles. The summed E-state index contributed by atoms with van der Waals surface area (Å²) in [5, 5.41) is 5.75. The fourth-order valence-corrected chi connectivity index (χ4v) is 4.78. The molecule has 2 N–H and O–H groups in total. The van der Waals surface area contributed by atoms with Gasteiger partial charge in [0.1, 0.15) is 0 Å². The Morgan fingerprint density at radius 2 is 1.73 bits per heavy atom. The van der Waals surface area contributed by atoms with Gasteiger partial charge < -0.3 is 10.6 Å². The molecule has 8 heteroatoms. The highest BCUT2D eigenvalue weighted by atomic mass is 35.5. The zero-order chi connectivity index (χ0) is 23.6. The van der Waals surface area contributed by atoms with Crippen LogP contribution in [0.2, 0.25) is 5.02 Å². The summed E-state index contributed by atoms with van der Waals surface area (Å²) in [5.41, 5.74) is 4.73. The van der Waals surface area contributed by atoms with Crippen LogP contribution in [0.5, 0.6) is 0 Å². The molecule has 0 atom stereocenters. The van der Waals surface area contributed by atoms with Gasteiger partial charge in [0.2, 0.25) is 5.91 Å². The van der Waals surface area contributed by atoms with Gasteiger partial charge in [0.15, 0.2) is 9.84 Å². The van der Waals surface area contributed by atoms with Gasteiger partial charge in [-0.25, -0.2) is 8.42 Å². The van der Waals surface area contributed by atoms with E-state index in [0.717, 1.165) is 31.1 Å². The Balaban J connectivity index is 1.40. The van der Waals surface area contributed by atoms with Crippen LogP contribution in [0.15, 0.2) is 65.6 Å². The summed E-state index contributed by atoms with van der Waals surface area (Å²) in [7, 11) is -3.43. The predicted molar refractivity (Wildman–Crippen MR) is 130 cm³/mol. The number of benzene rings is 3. The lowest BCUT2D eigenvalue weighted by Gasteiger charge is -2.11. The number of hydrogen-bond acceptors (Lipinski definition) is 4. The molecule has 1 aliphatic carbocycles. The SMILES string of the molecule is CS(=O)(=O)c1cccc(C(=O)Nc2ccc(NC(=O)Cc3ccc4c(c3)CCC4)cc2Cl)c1. The van der Waals surface area contributed by atoms with Gasteiger partial charge in [0, 0.05) is 17.5 Å². The van der Waals surface area contributed by atoms with Gasteiger partial charge in [-0.3, -0.25) is 9.59 Å². The number of carbonyl (C=O) groups is 2. The molecular formula is C25H23ClN2O4S. The summed E-state index contributed by atoms with van der Waals surface area (Å²) in [6.45, 7) is 0. The monoisotopic (exact) mass is 482 g/mol. The molecule has 3 aromatic carbocycles. The van der Waals surface area contributed by atoms with E-state index in [-0.39, 0.29) is 27.8 Å². The van der Waals surface area contributed by atoms with Crippen LogP contribution in [-0.2, 0) is 33.9 Å². The van der Waals surface area contributed by atoms with Gasteiger partial charge in [-0.05, 0) is 72.4 Å². The van der Waals surface area contributed by atoms with E-state index in [2.05, 4.69) is 22.8 Å². The van der Waals surface area contributed by atoms with E-state index in [0.29, 0.717) is 11.4 Å². The summed E-state index contributed by atoms with van der Waals surface area (Å²) in [5.74, 6) is -0.644. The second kappa shape index (κ2) is 9.37. The molecule has 0 radical (unpaired) electrons. The maximum Gasteiger partial charge on any atom is 0.255 e. The predicted octanol–water partition coefficient (Wildman–Crippen LogP) is 4.67. The Morgan fingerprint density at radius 3 is 2.48 bits per heavy atom. The lowest BCUT2D eigenvalue weighted by atomic mass is 10.0. The molecule has 0 aromatic heterocycles. The molecule has 3 aromatic rings. The molecule has 0 unspecified atom stereocenters. The Kier molecular flexibility index (Phi) is 6.54. The third-order valence-corrected chi connectivity index (χ3v) is 6.98. The van der Waals surface area contributed by atoms with Crippen molar-refractivity contribution in [2.75, 3.05) is 16.9 Å². The van der Waals surface area contributed by atoms with Gasteiger partial charge in [0.05, 0.1) is 22.0 Å². The van der Waals surface area contributed by atoms with Crippen molar-refractivity contribution in [3.8, 4) is 0 Å². The van der Waals surface area contributed by atoms with Crippen LogP contribution in [0.3, 0.4) is 0 Å². The molecule has 1 aliphatic rings. The van der Waals surface area contributed by atoms with E-state index < -0.39 is 15.7 Å². The van der Waals surface area contributed by atoms with Crippen LogP contribution >= 0.6 is 11.6 Å². The summed E-state index contributed by atoms with van der Waals surface area (Å²) in [6.07, 6.45) is 4.67. The first-order valence-electron chi connectivity index (χ1n) is 10.5. The number of rotatable bonds is 6. The van der Waals surface area contributed by atoms with Gasteiger partial charge in [-0.2, -0.15) is 0 Å². The maximum absolute atomic E-state index is 12.6. The van der Waals surface area contributed by atoms with Crippen molar-refractivity contribution in [2.24, 2.45) is 0 Å². The average molecular weight is 483 g/mol. The lowest BCUT2D eigenvalue weighted by Crippen LogP contribution is -2.15. The maximum atomic E-state index is 12.6. The molecule has 6 nitrogen and oxygen atoms in total. The van der Waals surface area contributed by atoms with Gasteiger partial charge in [-0.15, -0.1) is 0 Å². The van der Waals surface area contributed by atoms with E-state index in [9.17, 15) is 18.0 Å². The van der Waals surface area contributed by atoms with Crippen molar-refractivity contribution in [3.63, 3.8) is 0 Å². The lowest BCUT2D eigenvalue weighted by molar-refractivity contribution is -0.115. The number of amides is 2. The Morgan fingerprint density at radius 1 is 0.939 bits per heavy atom. The van der Waals surface area contributed by atoms with E-state index in [1.165, 1.54) is 35.4 Å². The highest BCUT2D eigenvalue weighted by Gasteiger charge is 2.15. The molecule has 0 bridgehead atoms. The molecule has 170 valence electrons. The third-order valence-electron chi connectivity index (χ3n) is 5.55. The first-order chi connectivity index (χ1) is 15.7. The number of nitrogens with one attached hydrogen (secondary N) is 2. The average Bonchev–Trinajstić information content (AvgIpc) is 3.23. The van der Waals surface area contributed by atoms with Crippen molar-refractivity contribution in [1.82, 2.24) is 0 Å². The van der Waals surface area contributed by atoms with E-state index in [1.807, 2.05) is 6.07 Å². The minimum Gasteiger partial charge on any atom is -0.326 e. The Bertz CT molecular complexity index is 1350. The normalized spacial score (nSPS) is 12.8. The number of anilines is 2. The highest BCUT2D eigenvalue weighted by molar-refractivity contribution is 7.90. The first kappa shape index (κ1) is 23.0. The number of hydrogen-bond donors (Lipinski definition) is 2. The second-order valence-corrected chi connectivity index (χ2v) is 10.6. The molecule has 2 amide bonds. The van der Waals surface area contributed by atoms with E-state index in [1.54, 1.807) is 18.2 Å². The molecule has 0 heterocycles. The topological polar surface area (TPSA) is 92.3 Å². The second-order valence-electron chi connectivity index (χ2n) is 8.13. The van der Waals surface area contributed by atoms with Crippen molar-refractivity contribution in [2.45, 2.75) is 30.6 Å². The summed E-state index contributed by atoms with van der Waals surface area (Å²) in [6, 6.07) is 16.8. The fourth-order valence-electron chi connectivity index (χ4n) is 3.88. The summed E-state index contributed by atoms with van der Waals surface area (Å²) in [4.78, 5) is 25.1. The summed E-state index contributed by atoms with van der Waals surface area (Å²) >= 11 is 6.31. The standard InChI is InChI=1S/C25H23ClN2O4S/c1-33(31,32)21-7-3-6-19(14-21)25(30)28-23-11-10-20(15-22(23)26)27-24(29)13-16-8-9-17-4-2-5-18(17)12-16/h3,6-12,14-15H,2,4-5,13H2,1H3,(H,27,29)(H,28,30). The number of aryl methyl sites for hydroxylation is 2. The Hall–Kier alpha value is -3.16. The molecule has 0 fully saturated rings. The third kappa shape index (κ3) is 5.61. The molecule has 0 aliphatic heterocycles. The highest BCUT2D eigenvalue weighted by Crippen LogP contribution is 2.27. The minimum atomic E-state index is -3.43. The molecular weight excluding hydrogens is 460 g/mol. The van der Waals surface area contributed by atoms with Gasteiger partial charge in [-0.1, -0.05) is 35.9 Å². The largest absolute Gasteiger partial charge is 0.326 e. The smallest absolute Gasteiger partial charge is 0.255 e. The number of carbonyl (C=O) groups excluding carboxylic acids is 2. The fraction of sp³-hybridized carbons (Fsp3) is 0.200. The van der Waals surface area contributed by atoms with Crippen molar-refractivity contribution in [3.05, 3.63) is 87.9 Å². The van der Waals surface area contributed by atoms with Crippen LogP contribution < -0.4 is 10.6 Å². The van der Waals surface area contributed by atoms with E-state index >= 15 is 0 Å². The van der Waals surface area contributed by atoms with Crippen LogP contribution in [0.1, 0.15) is 33.5 Å². The zero-order valence-corrected chi connectivity index (χ0v) is 19.6. The van der Waals surface area contributed by atoms with Gasteiger partial charge in [0.25, 0.3) is 5.91 Å². The minimum absolute atomic E-state index is 0.0580. The van der Waals surface area contributed by atoms with Crippen molar-refractivity contribution < 1.29 is 18.0 Å². The number of fused-ring (bicyclic) bond motifs is 1. The van der Waals surface area contributed by atoms with Crippen LogP contribution in [0.4, 0.5) is 11.4 Å². The molecule has 0 saturated heterocycles. The van der Waals surface area contributed by atoms with Crippen LogP contribution in [0.25, 0.3) is 0 Å². The number of sulfone groups is 1. The van der Waals surface area contributed by atoms with Gasteiger partial charge >= 0.3 is 0 Å². The molecule has 0 spiro atoms. The van der Waals surface area contributed by atoms with Crippen LogP contribution in [-0.4, -0.2) is 26.5 Å². The Labute approximate surface area is 197 Å².